The molecule has 3 atom stereocenters. The molecule has 1 fully saturated rings. The van der Waals surface area contributed by atoms with Crippen LogP contribution in [-0.4, -0.2) is 53.9 Å². The van der Waals surface area contributed by atoms with E-state index in [1.807, 2.05) is 29.0 Å². The highest BCUT2D eigenvalue weighted by molar-refractivity contribution is 5.79. The van der Waals surface area contributed by atoms with E-state index in [2.05, 4.69) is 22.6 Å². The van der Waals surface area contributed by atoms with E-state index in [4.69, 9.17) is 4.74 Å². The summed E-state index contributed by atoms with van der Waals surface area (Å²) in [5.74, 6) is 1.23. The minimum atomic E-state index is 0.0927. The molecule has 1 aromatic rings. The molecule has 0 radical (unpaired) electrons. The van der Waals surface area contributed by atoms with Crippen LogP contribution in [0.4, 0.5) is 0 Å². The van der Waals surface area contributed by atoms with Gasteiger partial charge < -0.3 is 15.0 Å². The first kappa shape index (κ1) is 18.1. The molecule has 138 valence electrons. The Hall–Kier alpha value is -1.66. The predicted octanol–water partition coefficient (Wildman–Crippen LogP) is 1.90. The van der Waals surface area contributed by atoms with E-state index in [-0.39, 0.29) is 17.9 Å². The number of rotatable bonds is 8. The quantitative estimate of drug-likeness (QED) is 0.731. The molecule has 6 heteroatoms. The Morgan fingerprint density at radius 1 is 1.36 bits per heavy atom. The maximum absolute atomic E-state index is 12.6. The monoisotopic (exact) mass is 346 g/mol. The van der Waals surface area contributed by atoms with Gasteiger partial charge in [-0.25, -0.2) is 0 Å². The smallest absolute Gasteiger partial charge is 0.223 e. The third kappa shape index (κ3) is 4.50. The van der Waals surface area contributed by atoms with Gasteiger partial charge in [0.2, 0.25) is 5.91 Å². The van der Waals surface area contributed by atoms with Crippen LogP contribution in [0.3, 0.4) is 0 Å². The van der Waals surface area contributed by atoms with Crippen LogP contribution in [0.15, 0.2) is 24.5 Å². The van der Waals surface area contributed by atoms with Crippen molar-refractivity contribution in [1.29, 1.82) is 0 Å². The maximum atomic E-state index is 12.6. The normalized spacial score (nSPS) is 26.6. The number of ether oxygens (including phenoxy) is 1. The average molecular weight is 346 g/mol. The number of carbonyl (C=O) groups excluding carboxylic acids is 1. The third-order valence-corrected chi connectivity index (χ3v) is 5.36. The molecule has 0 bridgehead atoms. The molecule has 0 aromatic carbocycles. The van der Waals surface area contributed by atoms with Crippen molar-refractivity contribution in [1.82, 2.24) is 20.0 Å². The topological polar surface area (TPSA) is 59.4 Å². The summed E-state index contributed by atoms with van der Waals surface area (Å²) in [5.41, 5.74) is 1.12. The molecule has 1 aliphatic carbocycles. The molecule has 1 saturated heterocycles. The number of likely N-dealkylation sites (tertiary alicyclic amines) is 1. The zero-order valence-electron chi connectivity index (χ0n) is 15.4. The first-order chi connectivity index (χ1) is 12.2. The van der Waals surface area contributed by atoms with Crippen LogP contribution in [0.5, 0.6) is 0 Å². The lowest BCUT2D eigenvalue weighted by molar-refractivity contribution is -0.129. The summed E-state index contributed by atoms with van der Waals surface area (Å²) in [5, 5.41) is 7.94. The minimum absolute atomic E-state index is 0.0927. The van der Waals surface area contributed by atoms with Crippen molar-refractivity contribution in [3.05, 3.63) is 30.1 Å². The molecular formula is C19H30N4O2. The van der Waals surface area contributed by atoms with Gasteiger partial charge in [0, 0.05) is 51.3 Å². The highest BCUT2D eigenvalue weighted by Crippen LogP contribution is 2.37. The van der Waals surface area contributed by atoms with Crippen molar-refractivity contribution in [2.75, 3.05) is 33.4 Å². The van der Waals surface area contributed by atoms with E-state index < -0.39 is 0 Å². The van der Waals surface area contributed by atoms with Gasteiger partial charge >= 0.3 is 0 Å². The molecule has 0 spiro atoms. The van der Waals surface area contributed by atoms with Crippen LogP contribution < -0.4 is 5.32 Å². The largest absolute Gasteiger partial charge is 0.383 e. The summed E-state index contributed by atoms with van der Waals surface area (Å²) in [6.45, 7) is 3.11. The molecule has 0 saturated carbocycles. The molecule has 6 nitrogen and oxygen atoms in total. The molecule has 0 unspecified atom stereocenters. The second-order valence-electron chi connectivity index (χ2n) is 7.25. The van der Waals surface area contributed by atoms with Crippen LogP contribution >= 0.6 is 0 Å². The molecule has 3 rings (SSSR count). The van der Waals surface area contributed by atoms with Gasteiger partial charge in [-0.3, -0.25) is 9.48 Å². The molecule has 1 amide bonds. The Bertz CT molecular complexity index is 598. The van der Waals surface area contributed by atoms with Gasteiger partial charge in [0.1, 0.15) is 0 Å². The molecule has 2 aliphatic rings. The van der Waals surface area contributed by atoms with Crippen molar-refractivity contribution in [2.45, 2.75) is 31.7 Å². The number of amides is 1. The zero-order valence-corrected chi connectivity index (χ0v) is 15.4. The highest BCUT2D eigenvalue weighted by atomic mass is 16.5. The fourth-order valence-corrected chi connectivity index (χ4v) is 4.06. The molecule has 1 aliphatic heterocycles. The number of aromatic nitrogens is 2. The number of allylic oxidation sites excluding steroid dienone is 2. The summed E-state index contributed by atoms with van der Waals surface area (Å²) < 4.78 is 7.01. The summed E-state index contributed by atoms with van der Waals surface area (Å²) in [6, 6.07) is 0.0927. The SMILES string of the molecule is COCCN1C(=O)C[C@@H](CNC[C@@H]2CC=CCC2)[C@@H]1c1cnn(C)c1. The highest BCUT2D eigenvalue weighted by Gasteiger charge is 2.40. The first-order valence-electron chi connectivity index (χ1n) is 9.31. The van der Waals surface area contributed by atoms with E-state index in [0.29, 0.717) is 19.6 Å². The van der Waals surface area contributed by atoms with E-state index in [0.717, 1.165) is 24.6 Å². The summed E-state index contributed by atoms with van der Waals surface area (Å²) in [4.78, 5) is 14.5. The van der Waals surface area contributed by atoms with Crippen LogP contribution in [0.25, 0.3) is 0 Å². The third-order valence-electron chi connectivity index (χ3n) is 5.36. The number of nitrogens with zero attached hydrogens (tertiary/aromatic N) is 3. The van der Waals surface area contributed by atoms with Crippen LogP contribution in [0.2, 0.25) is 0 Å². The van der Waals surface area contributed by atoms with Crippen LogP contribution in [-0.2, 0) is 16.6 Å². The Morgan fingerprint density at radius 2 is 2.24 bits per heavy atom. The van der Waals surface area contributed by atoms with Crippen molar-refractivity contribution in [3.63, 3.8) is 0 Å². The van der Waals surface area contributed by atoms with E-state index in [1.165, 1.54) is 19.3 Å². The van der Waals surface area contributed by atoms with E-state index in [1.54, 1.807) is 7.11 Å². The maximum Gasteiger partial charge on any atom is 0.223 e. The van der Waals surface area contributed by atoms with E-state index >= 15 is 0 Å². The van der Waals surface area contributed by atoms with Crippen LogP contribution in [0.1, 0.15) is 37.3 Å². The van der Waals surface area contributed by atoms with Gasteiger partial charge in [-0.2, -0.15) is 5.10 Å². The van der Waals surface area contributed by atoms with Crippen molar-refractivity contribution >= 4 is 5.91 Å². The first-order valence-corrected chi connectivity index (χ1v) is 9.31. The minimum Gasteiger partial charge on any atom is -0.383 e. The fraction of sp³-hybridized carbons (Fsp3) is 0.684. The summed E-state index contributed by atoms with van der Waals surface area (Å²) in [6.07, 6.45) is 12.7. The van der Waals surface area contributed by atoms with Crippen LogP contribution in [0, 0.1) is 11.8 Å². The van der Waals surface area contributed by atoms with Gasteiger partial charge in [-0.05, 0) is 31.7 Å². The fourth-order valence-electron chi connectivity index (χ4n) is 4.06. The number of nitrogens with one attached hydrogen (secondary N) is 1. The summed E-state index contributed by atoms with van der Waals surface area (Å²) >= 11 is 0. The predicted molar refractivity (Wildman–Crippen MR) is 97.0 cm³/mol. The number of hydrogen-bond donors (Lipinski definition) is 1. The zero-order chi connectivity index (χ0) is 17.6. The van der Waals surface area contributed by atoms with Gasteiger partial charge in [0.25, 0.3) is 0 Å². The van der Waals surface area contributed by atoms with Gasteiger partial charge in [-0.15, -0.1) is 0 Å². The Balaban J connectivity index is 1.63. The second kappa shape index (κ2) is 8.63. The number of hydrogen-bond acceptors (Lipinski definition) is 4. The Morgan fingerprint density at radius 3 is 2.92 bits per heavy atom. The van der Waals surface area contributed by atoms with Crippen molar-refractivity contribution in [3.8, 4) is 0 Å². The Kier molecular flexibility index (Phi) is 6.26. The molecule has 2 heterocycles. The van der Waals surface area contributed by atoms with Gasteiger partial charge in [0.15, 0.2) is 0 Å². The number of methoxy groups -OCH3 is 1. The Labute approximate surface area is 150 Å². The standard InChI is InChI=1S/C19H30N4O2/c1-22-14-17(13-21-22)19-16(10-18(24)23(19)8-9-25-2)12-20-11-15-6-4-3-5-7-15/h3-4,13-16,19-20H,5-12H2,1-2H3/t15-,16+,19-/m1/s1. The van der Waals surface area contributed by atoms with E-state index in [9.17, 15) is 4.79 Å². The van der Waals surface area contributed by atoms with Crippen molar-refractivity contribution < 1.29 is 9.53 Å². The average Bonchev–Trinajstić information content (AvgIpc) is 3.17. The molecule has 1 aromatic heterocycles. The number of aryl methyl sites for hydroxylation is 1. The van der Waals surface area contributed by atoms with Gasteiger partial charge in [0.05, 0.1) is 18.8 Å². The van der Waals surface area contributed by atoms with Crippen molar-refractivity contribution in [2.24, 2.45) is 18.9 Å². The lowest BCUT2D eigenvalue weighted by Gasteiger charge is -2.28. The summed E-state index contributed by atoms with van der Waals surface area (Å²) in [7, 11) is 3.60. The second-order valence-corrected chi connectivity index (χ2v) is 7.25. The molecular weight excluding hydrogens is 316 g/mol. The van der Waals surface area contributed by atoms with Gasteiger partial charge in [-0.1, -0.05) is 12.2 Å². The lowest BCUT2D eigenvalue weighted by Crippen LogP contribution is -2.34. The molecule has 1 N–H and O–H groups in total. The molecule has 25 heavy (non-hydrogen) atoms. The lowest BCUT2D eigenvalue weighted by atomic mass is 9.93. The number of carbonyl (C=O) groups is 1.